The lowest BCUT2D eigenvalue weighted by Crippen LogP contribution is -2.35. The van der Waals surface area contributed by atoms with Crippen LogP contribution in [0.25, 0.3) is 0 Å². The average Bonchev–Trinajstić information content (AvgIpc) is 2.78. The molecule has 70 valence electrons. The number of allylic oxidation sites excluding steroid dienone is 2. The molecule has 0 aromatic heterocycles. The fourth-order valence-electron chi connectivity index (χ4n) is 4.16. The van der Waals surface area contributed by atoms with Crippen molar-refractivity contribution in [3.63, 3.8) is 0 Å². The van der Waals surface area contributed by atoms with Crippen LogP contribution >= 0.6 is 15.9 Å². The van der Waals surface area contributed by atoms with Crippen molar-refractivity contribution in [2.45, 2.75) is 29.9 Å². The minimum absolute atomic E-state index is 0.537. The Bertz CT molecular complexity index is 288. The molecule has 2 heterocycles. The molecule has 4 rings (SSSR count). The van der Waals surface area contributed by atoms with E-state index in [4.69, 9.17) is 4.74 Å². The quantitative estimate of drug-likeness (QED) is 0.467. The molecule has 2 aliphatic heterocycles. The van der Waals surface area contributed by atoms with E-state index < -0.39 is 0 Å². The second-order valence-corrected chi connectivity index (χ2v) is 6.17. The molecular formula is C11H13BrO. The van der Waals surface area contributed by atoms with Gasteiger partial charge < -0.3 is 4.74 Å². The molecule has 0 aromatic rings. The minimum atomic E-state index is 0.537. The Kier molecular flexibility index (Phi) is 1.28. The summed E-state index contributed by atoms with van der Waals surface area (Å²) < 4.78 is 6.05. The zero-order chi connectivity index (χ0) is 8.58. The van der Waals surface area contributed by atoms with Gasteiger partial charge >= 0.3 is 0 Å². The lowest BCUT2D eigenvalue weighted by Gasteiger charge is -2.31. The normalized spacial score (nSPS) is 66.4. The summed E-state index contributed by atoms with van der Waals surface area (Å²) in [5, 5.41) is 0. The molecule has 7 unspecified atom stereocenters. The molecule has 4 bridgehead atoms. The first-order chi connectivity index (χ1) is 6.34. The van der Waals surface area contributed by atoms with Crippen LogP contribution in [-0.2, 0) is 4.74 Å². The first kappa shape index (κ1) is 7.47. The number of halogens is 1. The van der Waals surface area contributed by atoms with Crippen molar-refractivity contribution in [1.29, 1.82) is 0 Å². The zero-order valence-electron chi connectivity index (χ0n) is 7.40. The molecule has 2 heteroatoms. The lowest BCUT2D eigenvalue weighted by molar-refractivity contribution is 0.0763. The molecule has 13 heavy (non-hydrogen) atoms. The summed E-state index contributed by atoms with van der Waals surface area (Å²) in [5.74, 6) is 3.46. The van der Waals surface area contributed by atoms with Gasteiger partial charge in [0, 0.05) is 4.83 Å². The number of alkyl halides is 1. The van der Waals surface area contributed by atoms with Gasteiger partial charge in [0.2, 0.25) is 0 Å². The van der Waals surface area contributed by atoms with Crippen molar-refractivity contribution in [3.05, 3.63) is 12.2 Å². The predicted molar refractivity (Wildman–Crippen MR) is 53.7 cm³/mol. The van der Waals surface area contributed by atoms with Crippen LogP contribution in [0.1, 0.15) is 12.8 Å². The summed E-state index contributed by atoms with van der Waals surface area (Å²) in [4.78, 5) is 0.645. The summed E-state index contributed by atoms with van der Waals surface area (Å²) in [6.07, 6.45) is 8.68. The third-order valence-corrected chi connectivity index (χ3v) is 5.43. The summed E-state index contributed by atoms with van der Waals surface area (Å²) in [5.41, 5.74) is 0. The number of hydrogen-bond acceptors (Lipinski definition) is 1. The Hall–Kier alpha value is 0.180. The third-order valence-electron chi connectivity index (χ3n) is 4.54. The molecule has 1 saturated carbocycles. The summed E-state index contributed by atoms with van der Waals surface area (Å²) in [6, 6.07) is 0. The molecule has 2 saturated heterocycles. The molecule has 0 spiro atoms. The van der Waals surface area contributed by atoms with Gasteiger partial charge in [-0.1, -0.05) is 28.1 Å². The fourth-order valence-corrected chi connectivity index (χ4v) is 5.01. The van der Waals surface area contributed by atoms with Crippen molar-refractivity contribution in [1.82, 2.24) is 0 Å². The summed E-state index contributed by atoms with van der Waals surface area (Å²) >= 11 is 3.75. The Labute approximate surface area is 86.7 Å². The van der Waals surface area contributed by atoms with Crippen LogP contribution in [-0.4, -0.2) is 17.0 Å². The van der Waals surface area contributed by atoms with Gasteiger partial charge in [-0.05, 0) is 36.5 Å². The van der Waals surface area contributed by atoms with E-state index in [9.17, 15) is 0 Å². The highest BCUT2D eigenvalue weighted by Gasteiger charge is 2.61. The molecule has 0 N–H and O–H groups in total. The van der Waals surface area contributed by atoms with Crippen LogP contribution in [0.15, 0.2) is 12.2 Å². The predicted octanol–water partition coefficient (Wildman–Crippen LogP) is 2.36. The molecule has 3 fully saturated rings. The van der Waals surface area contributed by atoms with E-state index in [0.29, 0.717) is 17.0 Å². The van der Waals surface area contributed by atoms with Gasteiger partial charge in [-0.25, -0.2) is 0 Å². The maximum absolute atomic E-state index is 6.05. The topological polar surface area (TPSA) is 9.23 Å². The first-order valence-corrected chi connectivity index (χ1v) is 6.24. The fraction of sp³-hybridized carbons (Fsp3) is 0.818. The highest BCUT2D eigenvalue weighted by molar-refractivity contribution is 9.09. The van der Waals surface area contributed by atoms with E-state index in [2.05, 4.69) is 28.1 Å². The zero-order valence-corrected chi connectivity index (χ0v) is 8.98. The van der Waals surface area contributed by atoms with Gasteiger partial charge in [0.25, 0.3) is 0 Å². The Morgan fingerprint density at radius 2 is 1.85 bits per heavy atom. The molecule has 1 nitrogen and oxygen atoms in total. The monoisotopic (exact) mass is 240 g/mol. The standard InChI is InChI=1S/C11H13BrO/c12-7-4-8-9-5-1-2-6(3-5)10(9)11(7)13-8/h1-2,5-11H,3-4H2. The smallest absolute Gasteiger partial charge is 0.0742 e. The highest BCUT2D eigenvalue weighted by Crippen LogP contribution is 2.61. The van der Waals surface area contributed by atoms with Gasteiger partial charge in [0.1, 0.15) is 0 Å². The summed E-state index contributed by atoms with van der Waals surface area (Å²) in [7, 11) is 0. The molecule has 0 aromatic carbocycles. The van der Waals surface area contributed by atoms with E-state index in [1.54, 1.807) is 0 Å². The van der Waals surface area contributed by atoms with E-state index in [1.165, 1.54) is 12.8 Å². The Morgan fingerprint density at radius 1 is 1.08 bits per heavy atom. The van der Waals surface area contributed by atoms with E-state index in [-0.39, 0.29) is 0 Å². The van der Waals surface area contributed by atoms with Crippen LogP contribution < -0.4 is 0 Å². The molecule has 0 amide bonds. The second-order valence-electron chi connectivity index (χ2n) is 4.99. The van der Waals surface area contributed by atoms with Crippen LogP contribution in [0.5, 0.6) is 0 Å². The van der Waals surface area contributed by atoms with Crippen molar-refractivity contribution < 1.29 is 4.74 Å². The van der Waals surface area contributed by atoms with Crippen molar-refractivity contribution in [3.8, 4) is 0 Å². The van der Waals surface area contributed by atoms with Crippen LogP contribution in [0, 0.1) is 23.7 Å². The SMILES string of the molecule is BrC1CC2OC1C1C3C=CC(C3)C21. The van der Waals surface area contributed by atoms with E-state index in [0.717, 1.165) is 23.7 Å². The van der Waals surface area contributed by atoms with Gasteiger partial charge in [-0.3, -0.25) is 0 Å². The number of hydrogen-bond donors (Lipinski definition) is 0. The summed E-state index contributed by atoms with van der Waals surface area (Å²) in [6.45, 7) is 0. The number of ether oxygens (including phenoxy) is 1. The molecule has 4 aliphatic rings. The van der Waals surface area contributed by atoms with Gasteiger partial charge in [-0.15, -0.1) is 0 Å². The molecular weight excluding hydrogens is 228 g/mol. The third kappa shape index (κ3) is 0.744. The van der Waals surface area contributed by atoms with Crippen molar-refractivity contribution in [2.24, 2.45) is 23.7 Å². The maximum atomic E-state index is 6.05. The molecule has 2 aliphatic carbocycles. The second kappa shape index (κ2) is 2.22. The Morgan fingerprint density at radius 3 is 2.69 bits per heavy atom. The van der Waals surface area contributed by atoms with Crippen molar-refractivity contribution in [2.75, 3.05) is 0 Å². The van der Waals surface area contributed by atoms with Crippen LogP contribution in [0.4, 0.5) is 0 Å². The van der Waals surface area contributed by atoms with Crippen molar-refractivity contribution >= 4 is 15.9 Å². The largest absolute Gasteiger partial charge is 0.373 e. The maximum Gasteiger partial charge on any atom is 0.0742 e. The van der Waals surface area contributed by atoms with E-state index >= 15 is 0 Å². The Balaban J connectivity index is 1.79. The van der Waals surface area contributed by atoms with Crippen LogP contribution in [0.3, 0.4) is 0 Å². The molecule has 7 atom stereocenters. The van der Waals surface area contributed by atoms with Gasteiger partial charge in [0.15, 0.2) is 0 Å². The highest BCUT2D eigenvalue weighted by atomic mass is 79.9. The molecule has 0 radical (unpaired) electrons. The number of rotatable bonds is 0. The van der Waals surface area contributed by atoms with Gasteiger partial charge in [-0.2, -0.15) is 0 Å². The lowest BCUT2D eigenvalue weighted by atomic mass is 9.73. The van der Waals surface area contributed by atoms with E-state index in [1.807, 2.05) is 0 Å². The van der Waals surface area contributed by atoms with Crippen LogP contribution in [0.2, 0.25) is 0 Å². The van der Waals surface area contributed by atoms with Gasteiger partial charge in [0.05, 0.1) is 12.2 Å². The average molecular weight is 241 g/mol. The minimum Gasteiger partial charge on any atom is -0.373 e. The first-order valence-electron chi connectivity index (χ1n) is 5.32. The number of fused-ring (bicyclic) bond motifs is 9.